The van der Waals surface area contributed by atoms with Gasteiger partial charge < -0.3 is 10.0 Å². The highest BCUT2D eigenvalue weighted by atomic mass is 16.3. The predicted molar refractivity (Wildman–Crippen MR) is 79.7 cm³/mol. The smallest absolute Gasteiger partial charge is 0.253 e. The average molecular weight is 269 g/mol. The van der Waals surface area contributed by atoms with Gasteiger partial charge >= 0.3 is 0 Å². The zero-order valence-electron chi connectivity index (χ0n) is 11.5. The summed E-state index contributed by atoms with van der Waals surface area (Å²) in [4.78, 5) is 14.4. The normalized spacial score (nSPS) is 16.6. The molecule has 104 valence electrons. The van der Waals surface area contributed by atoms with Gasteiger partial charge in [0, 0.05) is 25.3 Å². The van der Waals surface area contributed by atoms with E-state index in [-0.39, 0.29) is 12.5 Å². The summed E-state index contributed by atoms with van der Waals surface area (Å²) in [5.74, 6) is 0.461. The molecule has 1 aliphatic rings. The first kappa shape index (κ1) is 13.1. The largest absolute Gasteiger partial charge is 0.396 e. The van der Waals surface area contributed by atoms with Crippen molar-refractivity contribution in [3.05, 3.63) is 48.0 Å². The zero-order chi connectivity index (χ0) is 13.9. The summed E-state index contributed by atoms with van der Waals surface area (Å²) in [6.07, 6.45) is 1.80. The Morgan fingerprint density at radius 2 is 1.80 bits per heavy atom. The molecule has 0 unspecified atom stereocenters. The van der Waals surface area contributed by atoms with Crippen molar-refractivity contribution < 1.29 is 9.90 Å². The minimum absolute atomic E-state index is 0.104. The molecular weight excluding hydrogens is 250 g/mol. The molecule has 0 aromatic heterocycles. The molecule has 0 saturated carbocycles. The van der Waals surface area contributed by atoms with Gasteiger partial charge in [-0.3, -0.25) is 4.79 Å². The lowest BCUT2D eigenvalue weighted by Crippen LogP contribution is -2.39. The quantitative estimate of drug-likeness (QED) is 0.910. The monoisotopic (exact) mass is 269 g/mol. The maximum absolute atomic E-state index is 12.5. The number of nitrogens with zero attached hydrogens (tertiary/aromatic N) is 1. The number of rotatable bonds is 2. The van der Waals surface area contributed by atoms with Crippen molar-refractivity contribution in [1.29, 1.82) is 0 Å². The molecule has 1 heterocycles. The Hall–Kier alpha value is -1.87. The van der Waals surface area contributed by atoms with Crippen molar-refractivity contribution >= 4 is 16.7 Å². The van der Waals surface area contributed by atoms with Crippen LogP contribution in [0, 0.1) is 5.92 Å². The molecule has 1 amide bonds. The van der Waals surface area contributed by atoms with Crippen LogP contribution < -0.4 is 0 Å². The van der Waals surface area contributed by atoms with Crippen molar-refractivity contribution in [2.24, 2.45) is 5.92 Å². The standard InChI is InChI=1S/C17H19NO2/c19-12-13-7-9-18(10-8-13)17(20)16-6-5-14-3-1-2-4-15(14)11-16/h1-6,11,13,19H,7-10,12H2. The van der Waals surface area contributed by atoms with E-state index < -0.39 is 0 Å². The number of carbonyl (C=O) groups excluding carboxylic acids is 1. The van der Waals surface area contributed by atoms with Gasteiger partial charge in [0.25, 0.3) is 5.91 Å². The van der Waals surface area contributed by atoms with E-state index in [0.717, 1.165) is 42.3 Å². The Morgan fingerprint density at radius 3 is 2.50 bits per heavy atom. The van der Waals surface area contributed by atoms with E-state index in [1.165, 1.54) is 0 Å². The van der Waals surface area contributed by atoms with Gasteiger partial charge in [0.2, 0.25) is 0 Å². The second-order valence-corrected chi connectivity index (χ2v) is 5.48. The number of piperidine rings is 1. The summed E-state index contributed by atoms with van der Waals surface area (Å²) in [5, 5.41) is 11.4. The van der Waals surface area contributed by atoms with E-state index in [9.17, 15) is 4.79 Å². The minimum atomic E-state index is 0.104. The van der Waals surface area contributed by atoms with E-state index in [4.69, 9.17) is 5.11 Å². The van der Waals surface area contributed by atoms with Gasteiger partial charge in [-0.25, -0.2) is 0 Å². The molecule has 2 aromatic carbocycles. The summed E-state index contributed by atoms with van der Waals surface area (Å²) in [5.41, 5.74) is 0.756. The van der Waals surface area contributed by atoms with Gasteiger partial charge in [-0.15, -0.1) is 0 Å². The zero-order valence-corrected chi connectivity index (χ0v) is 11.5. The minimum Gasteiger partial charge on any atom is -0.396 e. The van der Waals surface area contributed by atoms with Crippen LogP contribution in [0.5, 0.6) is 0 Å². The first-order valence-electron chi connectivity index (χ1n) is 7.17. The molecule has 1 saturated heterocycles. The maximum atomic E-state index is 12.5. The van der Waals surface area contributed by atoms with E-state index in [0.29, 0.717) is 5.92 Å². The van der Waals surface area contributed by atoms with Gasteiger partial charge in [0.15, 0.2) is 0 Å². The summed E-state index contributed by atoms with van der Waals surface area (Å²) in [6, 6.07) is 14.0. The molecule has 2 aromatic rings. The topological polar surface area (TPSA) is 40.5 Å². The Bertz CT molecular complexity index is 615. The van der Waals surface area contributed by atoms with E-state index in [1.54, 1.807) is 0 Å². The van der Waals surface area contributed by atoms with Crippen LogP contribution in [-0.4, -0.2) is 35.6 Å². The number of fused-ring (bicyclic) bond motifs is 1. The fourth-order valence-electron chi connectivity index (χ4n) is 2.82. The van der Waals surface area contributed by atoms with Crippen LogP contribution in [0.4, 0.5) is 0 Å². The highest BCUT2D eigenvalue weighted by molar-refractivity contribution is 5.98. The Labute approximate surface area is 118 Å². The number of aliphatic hydroxyl groups excluding tert-OH is 1. The van der Waals surface area contributed by atoms with Crippen LogP contribution in [0.2, 0.25) is 0 Å². The van der Waals surface area contributed by atoms with E-state index in [2.05, 4.69) is 6.07 Å². The number of carbonyl (C=O) groups is 1. The first-order chi connectivity index (χ1) is 9.78. The van der Waals surface area contributed by atoms with Gasteiger partial charge in [0.1, 0.15) is 0 Å². The van der Waals surface area contributed by atoms with Crippen LogP contribution in [0.15, 0.2) is 42.5 Å². The third-order valence-corrected chi connectivity index (χ3v) is 4.16. The van der Waals surface area contributed by atoms with Gasteiger partial charge in [-0.05, 0) is 41.7 Å². The highest BCUT2D eigenvalue weighted by Gasteiger charge is 2.23. The lowest BCUT2D eigenvalue weighted by Gasteiger charge is -2.31. The van der Waals surface area contributed by atoms with Crippen molar-refractivity contribution in [3.63, 3.8) is 0 Å². The lowest BCUT2D eigenvalue weighted by atomic mass is 9.97. The van der Waals surface area contributed by atoms with Crippen molar-refractivity contribution in [3.8, 4) is 0 Å². The highest BCUT2D eigenvalue weighted by Crippen LogP contribution is 2.21. The number of hydrogen-bond acceptors (Lipinski definition) is 2. The second-order valence-electron chi connectivity index (χ2n) is 5.48. The lowest BCUT2D eigenvalue weighted by molar-refractivity contribution is 0.0651. The molecule has 20 heavy (non-hydrogen) atoms. The van der Waals surface area contributed by atoms with E-state index >= 15 is 0 Å². The van der Waals surface area contributed by atoms with E-state index in [1.807, 2.05) is 41.3 Å². The number of amides is 1. The Balaban J connectivity index is 1.79. The molecule has 0 radical (unpaired) electrons. The van der Waals surface area contributed by atoms with Crippen molar-refractivity contribution in [2.45, 2.75) is 12.8 Å². The fourth-order valence-corrected chi connectivity index (χ4v) is 2.82. The SMILES string of the molecule is O=C(c1ccc2ccccc2c1)N1CCC(CO)CC1. The predicted octanol–water partition coefficient (Wildman–Crippen LogP) is 2.68. The average Bonchev–Trinajstić information content (AvgIpc) is 2.54. The number of benzene rings is 2. The van der Waals surface area contributed by atoms with Crippen molar-refractivity contribution in [1.82, 2.24) is 4.90 Å². The summed E-state index contributed by atoms with van der Waals surface area (Å²) in [6.45, 7) is 1.73. The van der Waals surface area contributed by atoms with Crippen LogP contribution in [0.3, 0.4) is 0 Å². The van der Waals surface area contributed by atoms with Gasteiger partial charge in [-0.2, -0.15) is 0 Å². The van der Waals surface area contributed by atoms with Crippen LogP contribution in [0.1, 0.15) is 23.2 Å². The third-order valence-electron chi connectivity index (χ3n) is 4.16. The first-order valence-corrected chi connectivity index (χ1v) is 7.17. The molecule has 1 fully saturated rings. The van der Waals surface area contributed by atoms with Crippen LogP contribution in [0.25, 0.3) is 10.8 Å². The number of likely N-dealkylation sites (tertiary alicyclic amines) is 1. The molecule has 3 nitrogen and oxygen atoms in total. The van der Waals surface area contributed by atoms with Gasteiger partial charge in [-0.1, -0.05) is 30.3 Å². The molecule has 3 heteroatoms. The molecule has 0 bridgehead atoms. The molecule has 0 spiro atoms. The summed E-state index contributed by atoms with van der Waals surface area (Å²) >= 11 is 0. The molecule has 1 aliphatic heterocycles. The Morgan fingerprint density at radius 1 is 1.10 bits per heavy atom. The number of aliphatic hydroxyl groups is 1. The maximum Gasteiger partial charge on any atom is 0.253 e. The Kier molecular flexibility index (Phi) is 3.70. The molecular formula is C17H19NO2. The van der Waals surface area contributed by atoms with Crippen molar-refractivity contribution in [2.75, 3.05) is 19.7 Å². The van der Waals surface area contributed by atoms with Crippen LogP contribution >= 0.6 is 0 Å². The number of hydrogen-bond donors (Lipinski definition) is 1. The molecule has 1 N–H and O–H groups in total. The molecule has 0 aliphatic carbocycles. The third kappa shape index (κ3) is 2.54. The second kappa shape index (κ2) is 5.63. The van der Waals surface area contributed by atoms with Gasteiger partial charge in [0.05, 0.1) is 0 Å². The molecule has 3 rings (SSSR count). The fraction of sp³-hybridized carbons (Fsp3) is 0.353. The molecule has 0 atom stereocenters. The summed E-state index contributed by atoms with van der Waals surface area (Å²) < 4.78 is 0. The summed E-state index contributed by atoms with van der Waals surface area (Å²) in [7, 11) is 0. The van der Waals surface area contributed by atoms with Crippen LogP contribution in [-0.2, 0) is 0 Å².